The Morgan fingerprint density at radius 1 is 1.27 bits per heavy atom. The van der Waals surface area contributed by atoms with Crippen LogP contribution in [0.25, 0.3) is 0 Å². The van der Waals surface area contributed by atoms with Crippen molar-refractivity contribution in [2.45, 2.75) is 36.6 Å². The van der Waals surface area contributed by atoms with E-state index in [4.69, 9.17) is 11.6 Å². The van der Waals surface area contributed by atoms with Gasteiger partial charge < -0.3 is 15.5 Å². The first-order valence-electron chi connectivity index (χ1n) is 9.29. The second-order valence-electron chi connectivity index (χ2n) is 6.96. The van der Waals surface area contributed by atoms with E-state index in [9.17, 15) is 9.59 Å². The van der Waals surface area contributed by atoms with Crippen LogP contribution in [0.1, 0.15) is 25.7 Å². The lowest BCUT2D eigenvalue weighted by Crippen LogP contribution is -2.47. The van der Waals surface area contributed by atoms with Crippen molar-refractivity contribution in [3.63, 3.8) is 0 Å². The Morgan fingerprint density at radius 2 is 2.12 bits per heavy atom. The number of nitrogens with zero attached hydrogens (tertiary/aromatic N) is 1. The van der Waals surface area contributed by atoms with Crippen LogP contribution in [0.5, 0.6) is 0 Å². The number of halogens is 1. The van der Waals surface area contributed by atoms with E-state index in [0.29, 0.717) is 23.2 Å². The second-order valence-corrected chi connectivity index (χ2v) is 8.39. The minimum atomic E-state index is -0.0386. The van der Waals surface area contributed by atoms with Crippen LogP contribution in [0.2, 0.25) is 5.02 Å². The van der Waals surface area contributed by atoms with E-state index in [-0.39, 0.29) is 17.9 Å². The Balaban J connectivity index is 1.43. The summed E-state index contributed by atoms with van der Waals surface area (Å²) in [5.41, 5.74) is 0. The number of hydrogen-bond acceptors (Lipinski definition) is 4. The largest absolute Gasteiger partial charge is 0.354 e. The molecule has 0 spiro atoms. The normalized spacial score (nSPS) is 23.0. The summed E-state index contributed by atoms with van der Waals surface area (Å²) in [4.78, 5) is 27.5. The molecule has 3 rings (SSSR count). The first-order valence-corrected chi connectivity index (χ1v) is 10.7. The van der Waals surface area contributed by atoms with E-state index in [1.165, 1.54) is 11.8 Å². The molecule has 2 aliphatic heterocycles. The number of rotatable bonds is 6. The van der Waals surface area contributed by atoms with Gasteiger partial charge in [-0.25, -0.2) is 0 Å². The number of carbonyl (C=O) groups excluding carboxylic acids is 2. The quantitative estimate of drug-likeness (QED) is 0.726. The van der Waals surface area contributed by atoms with Crippen molar-refractivity contribution in [3.05, 3.63) is 29.3 Å². The smallest absolute Gasteiger partial charge is 0.237 e. The topological polar surface area (TPSA) is 61.4 Å². The fraction of sp³-hybridized carbons (Fsp3) is 0.579. The Labute approximate surface area is 164 Å². The number of carbonyl (C=O) groups is 2. The molecule has 2 aliphatic rings. The van der Waals surface area contributed by atoms with Crippen LogP contribution in [0, 0.1) is 5.92 Å². The fourth-order valence-electron chi connectivity index (χ4n) is 3.53. The molecule has 5 nitrogen and oxygen atoms in total. The van der Waals surface area contributed by atoms with Gasteiger partial charge in [0.05, 0.1) is 16.8 Å². The molecule has 26 heavy (non-hydrogen) atoms. The van der Waals surface area contributed by atoms with E-state index >= 15 is 0 Å². The fourth-order valence-corrected chi connectivity index (χ4v) is 4.67. The average Bonchev–Trinajstić information content (AvgIpc) is 3.20. The standard InChI is InChI=1S/C19H26ClN3O2S/c20-15-6-1-2-8-17(15)26-13-18(24)23-10-4-5-14(12-23)11-22-19(25)16-7-3-9-21-16/h1-2,6,8,14,16,21H,3-5,7,9-13H2,(H,22,25). The summed E-state index contributed by atoms with van der Waals surface area (Å²) < 4.78 is 0. The number of benzene rings is 1. The van der Waals surface area contributed by atoms with Crippen molar-refractivity contribution in [2.24, 2.45) is 5.92 Å². The maximum absolute atomic E-state index is 12.5. The lowest BCUT2D eigenvalue weighted by atomic mass is 9.98. The summed E-state index contributed by atoms with van der Waals surface area (Å²) in [5, 5.41) is 6.96. The maximum Gasteiger partial charge on any atom is 0.237 e. The Hall–Kier alpha value is -1.24. The van der Waals surface area contributed by atoms with Crippen molar-refractivity contribution in [1.82, 2.24) is 15.5 Å². The van der Waals surface area contributed by atoms with E-state index in [2.05, 4.69) is 10.6 Å². The lowest BCUT2D eigenvalue weighted by Gasteiger charge is -2.33. The molecule has 2 N–H and O–H groups in total. The molecule has 2 atom stereocenters. The highest BCUT2D eigenvalue weighted by atomic mass is 35.5. The second kappa shape index (κ2) is 9.62. The highest BCUT2D eigenvalue weighted by Gasteiger charge is 2.26. The molecular formula is C19H26ClN3O2S. The summed E-state index contributed by atoms with van der Waals surface area (Å²) in [6.07, 6.45) is 4.03. The molecule has 1 aromatic carbocycles. The van der Waals surface area contributed by atoms with Crippen molar-refractivity contribution in [1.29, 1.82) is 0 Å². The number of likely N-dealkylation sites (tertiary alicyclic amines) is 1. The van der Waals surface area contributed by atoms with Gasteiger partial charge in [0.25, 0.3) is 0 Å². The van der Waals surface area contributed by atoms with Crippen molar-refractivity contribution < 1.29 is 9.59 Å². The van der Waals surface area contributed by atoms with Crippen LogP contribution < -0.4 is 10.6 Å². The molecule has 0 bridgehead atoms. The van der Waals surface area contributed by atoms with Crippen molar-refractivity contribution in [2.75, 3.05) is 31.9 Å². The third kappa shape index (κ3) is 5.38. The van der Waals surface area contributed by atoms with Crippen LogP contribution in [0.3, 0.4) is 0 Å². The average molecular weight is 396 g/mol. The van der Waals surface area contributed by atoms with E-state index in [1.807, 2.05) is 29.2 Å². The number of hydrogen-bond donors (Lipinski definition) is 2. The van der Waals surface area contributed by atoms with Gasteiger partial charge in [-0.15, -0.1) is 11.8 Å². The van der Waals surface area contributed by atoms with Gasteiger partial charge >= 0.3 is 0 Å². The minimum absolute atomic E-state index is 0.0386. The van der Waals surface area contributed by atoms with Gasteiger partial charge in [-0.2, -0.15) is 0 Å². The van der Waals surface area contributed by atoms with Crippen LogP contribution >= 0.6 is 23.4 Å². The molecule has 0 radical (unpaired) electrons. The Morgan fingerprint density at radius 3 is 2.88 bits per heavy atom. The summed E-state index contributed by atoms with van der Waals surface area (Å²) >= 11 is 7.63. The molecule has 2 heterocycles. The lowest BCUT2D eigenvalue weighted by molar-refractivity contribution is -0.130. The first kappa shape index (κ1) is 19.5. The van der Waals surface area contributed by atoms with Gasteiger partial charge in [-0.05, 0) is 50.3 Å². The zero-order chi connectivity index (χ0) is 18.4. The van der Waals surface area contributed by atoms with Gasteiger partial charge in [0.2, 0.25) is 11.8 Å². The monoisotopic (exact) mass is 395 g/mol. The molecule has 2 unspecified atom stereocenters. The summed E-state index contributed by atoms with van der Waals surface area (Å²) in [6, 6.07) is 7.55. The molecule has 2 amide bonds. The Bertz CT molecular complexity index is 637. The maximum atomic E-state index is 12.5. The molecule has 2 saturated heterocycles. The molecule has 142 valence electrons. The van der Waals surface area contributed by atoms with E-state index < -0.39 is 0 Å². The van der Waals surface area contributed by atoms with Crippen molar-refractivity contribution >= 4 is 35.2 Å². The minimum Gasteiger partial charge on any atom is -0.354 e. The van der Waals surface area contributed by atoms with Gasteiger partial charge in [0.15, 0.2) is 0 Å². The molecule has 1 aromatic rings. The predicted octanol–water partition coefficient (Wildman–Crippen LogP) is 2.54. The predicted molar refractivity (Wildman–Crippen MR) is 106 cm³/mol. The number of thioether (sulfide) groups is 1. The van der Waals surface area contributed by atoms with Crippen LogP contribution in [0.15, 0.2) is 29.2 Å². The van der Waals surface area contributed by atoms with Gasteiger partial charge in [0, 0.05) is 24.5 Å². The SMILES string of the molecule is O=C(NCC1CCCN(C(=O)CSc2ccccc2Cl)C1)C1CCCN1. The third-order valence-corrected chi connectivity index (χ3v) is 6.50. The summed E-state index contributed by atoms with van der Waals surface area (Å²) in [6.45, 7) is 3.10. The van der Waals surface area contributed by atoms with Gasteiger partial charge in [0.1, 0.15) is 0 Å². The summed E-state index contributed by atoms with van der Waals surface area (Å²) in [5.74, 6) is 0.974. The van der Waals surface area contributed by atoms with Gasteiger partial charge in [-0.3, -0.25) is 9.59 Å². The zero-order valence-corrected chi connectivity index (χ0v) is 16.5. The van der Waals surface area contributed by atoms with Crippen LogP contribution in [-0.2, 0) is 9.59 Å². The van der Waals surface area contributed by atoms with Crippen molar-refractivity contribution in [3.8, 4) is 0 Å². The number of amides is 2. The molecule has 7 heteroatoms. The van der Waals surface area contributed by atoms with E-state index in [1.54, 1.807) is 0 Å². The number of piperidine rings is 1. The Kier molecular flexibility index (Phi) is 7.23. The molecular weight excluding hydrogens is 370 g/mol. The van der Waals surface area contributed by atoms with Gasteiger partial charge in [-0.1, -0.05) is 23.7 Å². The molecule has 0 saturated carbocycles. The molecule has 2 fully saturated rings. The molecule has 0 aliphatic carbocycles. The third-order valence-electron chi connectivity index (χ3n) is 5.00. The zero-order valence-electron chi connectivity index (χ0n) is 14.9. The van der Waals surface area contributed by atoms with Crippen LogP contribution in [0.4, 0.5) is 0 Å². The van der Waals surface area contributed by atoms with Crippen LogP contribution in [-0.4, -0.2) is 54.7 Å². The first-order chi connectivity index (χ1) is 12.6. The summed E-state index contributed by atoms with van der Waals surface area (Å²) in [7, 11) is 0. The number of nitrogens with one attached hydrogen (secondary N) is 2. The van der Waals surface area contributed by atoms with E-state index in [0.717, 1.165) is 50.2 Å². The molecule has 0 aromatic heterocycles. The highest BCUT2D eigenvalue weighted by molar-refractivity contribution is 8.00. The highest BCUT2D eigenvalue weighted by Crippen LogP contribution is 2.27.